The first kappa shape index (κ1) is 10.3. The molecule has 0 radical (unpaired) electrons. The predicted octanol–water partition coefficient (Wildman–Crippen LogP) is 1.36. The number of carboxylic acid groups (broad SMARTS) is 1. The Hall–Kier alpha value is -1.81. The molecule has 0 saturated carbocycles. The van der Waals surface area contributed by atoms with Crippen LogP contribution in [0.5, 0.6) is 0 Å². The largest absolute Gasteiger partial charge is 0.481 e. The van der Waals surface area contributed by atoms with Crippen LogP contribution in [0.1, 0.15) is 6.42 Å². The number of hydrogen-bond donors (Lipinski definition) is 2. The van der Waals surface area contributed by atoms with Crippen LogP contribution in [0.4, 0.5) is 5.69 Å². The first-order valence-electron chi connectivity index (χ1n) is 4.17. The minimum atomic E-state index is -0.872. The van der Waals surface area contributed by atoms with E-state index in [9.17, 15) is 4.79 Å². The summed E-state index contributed by atoms with van der Waals surface area (Å²) in [4.78, 5) is 10.2. The average Bonchev–Trinajstić information content (AvgIpc) is 2.18. The number of rotatable bonds is 4. The number of benzene rings is 1. The summed E-state index contributed by atoms with van der Waals surface area (Å²) in [5, 5.41) is 9.76. The molecule has 0 aliphatic carbocycles. The monoisotopic (exact) mass is 192 g/mol. The summed E-state index contributed by atoms with van der Waals surface area (Å²) in [6.07, 6.45) is 3.00. The fraction of sp³-hybridized carbons (Fsp3) is 0.100. The molecule has 0 atom stereocenters. The third-order valence-corrected chi connectivity index (χ3v) is 1.61. The number of hydrogen-bond acceptors (Lipinski definition) is 3. The van der Waals surface area contributed by atoms with Crippen molar-refractivity contribution in [3.05, 3.63) is 42.6 Å². The van der Waals surface area contributed by atoms with Gasteiger partial charge in [-0.1, -0.05) is 24.3 Å². The van der Waals surface area contributed by atoms with E-state index in [0.29, 0.717) is 0 Å². The predicted molar refractivity (Wildman–Crippen MR) is 54.5 cm³/mol. The fourth-order valence-corrected chi connectivity index (χ4v) is 0.953. The molecule has 0 amide bonds. The van der Waals surface area contributed by atoms with Gasteiger partial charge >= 0.3 is 5.97 Å². The highest BCUT2D eigenvalue weighted by Gasteiger charge is 1.95. The molecular formula is C10H12N2O2. The summed E-state index contributed by atoms with van der Waals surface area (Å²) in [5.41, 5.74) is 0.814. The summed E-state index contributed by atoms with van der Waals surface area (Å²) in [6, 6.07) is 9.29. The molecule has 4 heteroatoms. The van der Waals surface area contributed by atoms with Gasteiger partial charge in [0.15, 0.2) is 0 Å². The molecule has 1 aromatic rings. The van der Waals surface area contributed by atoms with Gasteiger partial charge in [-0.25, -0.2) is 5.84 Å². The van der Waals surface area contributed by atoms with Crippen LogP contribution in [0, 0.1) is 0 Å². The third-order valence-electron chi connectivity index (χ3n) is 1.61. The van der Waals surface area contributed by atoms with Crippen molar-refractivity contribution < 1.29 is 9.90 Å². The maximum atomic E-state index is 10.2. The van der Waals surface area contributed by atoms with Gasteiger partial charge in [0.05, 0.1) is 12.1 Å². The topological polar surface area (TPSA) is 66.6 Å². The van der Waals surface area contributed by atoms with Crippen LogP contribution in [0.3, 0.4) is 0 Å². The molecule has 0 bridgehead atoms. The zero-order valence-corrected chi connectivity index (χ0v) is 7.63. The van der Waals surface area contributed by atoms with Gasteiger partial charge in [0.2, 0.25) is 0 Å². The standard InChI is InChI=1S/C10H12N2O2/c11-12(8-4-7-10(13)14)9-5-2-1-3-6-9/h1-6,8H,7,11H2,(H,13,14). The Balaban J connectivity index is 2.54. The van der Waals surface area contributed by atoms with Crippen molar-refractivity contribution in [2.45, 2.75) is 6.42 Å². The van der Waals surface area contributed by atoms with E-state index >= 15 is 0 Å². The number of carboxylic acids is 1. The van der Waals surface area contributed by atoms with E-state index in [1.165, 1.54) is 17.3 Å². The Morgan fingerprint density at radius 3 is 2.64 bits per heavy atom. The summed E-state index contributed by atoms with van der Waals surface area (Å²) in [6.45, 7) is 0. The quantitative estimate of drug-likeness (QED) is 0.558. The minimum absolute atomic E-state index is 0.0272. The first-order chi connectivity index (χ1) is 6.70. The van der Waals surface area contributed by atoms with E-state index in [2.05, 4.69) is 0 Å². The molecule has 0 aliphatic heterocycles. The average molecular weight is 192 g/mol. The van der Waals surface area contributed by atoms with Gasteiger partial charge in [0, 0.05) is 6.20 Å². The Kier molecular flexibility index (Phi) is 3.69. The van der Waals surface area contributed by atoms with Crippen molar-refractivity contribution in [3.63, 3.8) is 0 Å². The summed E-state index contributed by atoms with van der Waals surface area (Å²) in [7, 11) is 0. The number of para-hydroxylation sites is 1. The van der Waals surface area contributed by atoms with Gasteiger partial charge in [-0.3, -0.25) is 9.80 Å². The third kappa shape index (κ3) is 3.28. The molecule has 0 saturated heterocycles. The van der Waals surface area contributed by atoms with Crippen molar-refractivity contribution >= 4 is 11.7 Å². The molecule has 3 N–H and O–H groups in total. The second kappa shape index (κ2) is 5.04. The maximum Gasteiger partial charge on any atom is 0.307 e. The Labute approximate surface area is 82.2 Å². The molecule has 0 unspecified atom stereocenters. The maximum absolute atomic E-state index is 10.2. The van der Waals surface area contributed by atoms with E-state index in [4.69, 9.17) is 10.9 Å². The van der Waals surface area contributed by atoms with E-state index in [1.807, 2.05) is 30.3 Å². The Morgan fingerprint density at radius 2 is 2.07 bits per heavy atom. The molecule has 74 valence electrons. The van der Waals surface area contributed by atoms with Gasteiger partial charge in [-0.15, -0.1) is 0 Å². The zero-order valence-electron chi connectivity index (χ0n) is 7.63. The smallest absolute Gasteiger partial charge is 0.307 e. The van der Waals surface area contributed by atoms with Crippen molar-refractivity contribution in [1.29, 1.82) is 0 Å². The van der Waals surface area contributed by atoms with Gasteiger partial charge in [-0.2, -0.15) is 0 Å². The molecular weight excluding hydrogens is 180 g/mol. The lowest BCUT2D eigenvalue weighted by Crippen LogP contribution is -2.23. The highest BCUT2D eigenvalue weighted by atomic mass is 16.4. The van der Waals surface area contributed by atoms with Crippen LogP contribution in [0.15, 0.2) is 42.6 Å². The van der Waals surface area contributed by atoms with E-state index in [1.54, 1.807) is 0 Å². The fourth-order valence-electron chi connectivity index (χ4n) is 0.953. The Morgan fingerprint density at radius 1 is 1.43 bits per heavy atom. The van der Waals surface area contributed by atoms with E-state index in [0.717, 1.165) is 5.69 Å². The summed E-state index contributed by atoms with van der Waals surface area (Å²) < 4.78 is 0. The second-order valence-electron chi connectivity index (χ2n) is 2.73. The number of aliphatic carboxylic acids is 1. The second-order valence-corrected chi connectivity index (χ2v) is 2.73. The normalized spacial score (nSPS) is 10.4. The molecule has 0 aliphatic rings. The van der Waals surface area contributed by atoms with Crippen LogP contribution in [-0.2, 0) is 4.79 Å². The summed E-state index contributed by atoms with van der Waals surface area (Å²) >= 11 is 0. The zero-order chi connectivity index (χ0) is 10.4. The highest BCUT2D eigenvalue weighted by Crippen LogP contribution is 2.09. The number of carbonyl (C=O) groups is 1. The molecule has 0 aromatic heterocycles. The summed E-state index contributed by atoms with van der Waals surface area (Å²) in [5.74, 6) is 4.76. The number of nitrogens with zero attached hydrogens (tertiary/aromatic N) is 1. The molecule has 4 nitrogen and oxygen atoms in total. The lowest BCUT2D eigenvalue weighted by atomic mass is 10.3. The lowest BCUT2D eigenvalue weighted by molar-refractivity contribution is -0.136. The van der Waals surface area contributed by atoms with Crippen LogP contribution in [0.25, 0.3) is 0 Å². The molecule has 14 heavy (non-hydrogen) atoms. The molecule has 1 aromatic carbocycles. The van der Waals surface area contributed by atoms with E-state index in [-0.39, 0.29) is 6.42 Å². The van der Waals surface area contributed by atoms with Gasteiger partial charge in [0.1, 0.15) is 0 Å². The lowest BCUT2D eigenvalue weighted by Gasteiger charge is -2.12. The van der Waals surface area contributed by atoms with E-state index < -0.39 is 5.97 Å². The van der Waals surface area contributed by atoms with Gasteiger partial charge in [0.25, 0.3) is 0 Å². The number of anilines is 1. The molecule has 1 rings (SSSR count). The van der Waals surface area contributed by atoms with Crippen LogP contribution in [0.2, 0.25) is 0 Å². The van der Waals surface area contributed by atoms with Crippen molar-refractivity contribution in [2.24, 2.45) is 5.84 Å². The Bertz CT molecular complexity index is 322. The van der Waals surface area contributed by atoms with Crippen molar-refractivity contribution in [1.82, 2.24) is 0 Å². The van der Waals surface area contributed by atoms with Crippen molar-refractivity contribution in [2.75, 3.05) is 5.01 Å². The van der Waals surface area contributed by atoms with Crippen molar-refractivity contribution in [3.8, 4) is 0 Å². The minimum Gasteiger partial charge on any atom is -0.481 e. The van der Waals surface area contributed by atoms with Gasteiger partial charge in [-0.05, 0) is 12.1 Å². The molecule has 0 spiro atoms. The van der Waals surface area contributed by atoms with Crippen LogP contribution in [-0.4, -0.2) is 11.1 Å². The highest BCUT2D eigenvalue weighted by molar-refractivity contribution is 5.68. The first-order valence-corrected chi connectivity index (χ1v) is 4.17. The SMILES string of the molecule is NN(C=CCC(=O)O)c1ccccc1. The molecule has 0 fully saturated rings. The van der Waals surface area contributed by atoms with Crippen LogP contribution < -0.4 is 10.9 Å². The van der Waals surface area contributed by atoms with Crippen LogP contribution >= 0.6 is 0 Å². The number of nitrogens with two attached hydrogens (primary N) is 1. The van der Waals surface area contributed by atoms with Gasteiger partial charge < -0.3 is 5.11 Å². The number of hydrazine groups is 1. The molecule has 0 heterocycles.